The van der Waals surface area contributed by atoms with Crippen LogP contribution in [0.5, 0.6) is 5.75 Å². The molecule has 1 unspecified atom stereocenters. The lowest BCUT2D eigenvalue weighted by Crippen LogP contribution is -2.16. The standard InChI is InChI=1S/C14H21OP/c1-15-12-8-10-14(11-9-12)16(2)13-6-4-3-5-7-13/h8-11,13H,3-7H2,1-2H3. The molecule has 88 valence electrons. The summed E-state index contributed by atoms with van der Waals surface area (Å²) in [6.07, 6.45) is 7.20. The first-order chi connectivity index (χ1) is 7.81. The van der Waals surface area contributed by atoms with Crippen molar-refractivity contribution in [1.82, 2.24) is 0 Å². The van der Waals surface area contributed by atoms with Crippen LogP contribution in [0.25, 0.3) is 0 Å². The summed E-state index contributed by atoms with van der Waals surface area (Å²) in [5.41, 5.74) is 0.956. The molecule has 0 aromatic heterocycles. The van der Waals surface area contributed by atoms with Crippen LogP contribution in [-0.4, -0.2) is 19.4 Å². The average Bonchev–Trinajstić information content (AvgIpc) is 2.39. The topological polar surface area (TPSA) is 9.23 Å². The van der Waals surface area contributed by atoms with Crippen molar-refractivity contribution in [2.24, 2.45) is 0 Å². The molecular formula is C14H21OP. The molecule has 0 saturated heterocycles. The largest absolute Gasteiger partial charge is 0.497 e. The summed E-state index contributed by atoms with van der Waals surface area (Å²) in [7, 11) is 1.76. The Kier molecular flexibility index (Phi) is 4.23. The van der Waals surface area contributed by atoms with Crippen molar-refractivity contribution in [3.05, 3.63) is 24.3 Å². The maximum absolute atomic E-state index is 5.20. The van der Waals surface area contributed by atoms with Gasteiger partial charge in [-0.1, -0.05) is 39.3 Å². The molecule has 1 aliphatic carbocycles. The van der Waals surface area contributed by atoms with E-state index in [1.54, 1.807) is 7.11 Å². The van der Waals surface area contributed by atoms with Gasteiger partial charge in [-0.3, -0.25) is 0 Å². The van der Waals surface area contributed by atoms with Crippen molar-refractivity contribution < 1.29 is 4.74 Å². The zero-order valence-electron chi connectivity index (χ0n) is 10.3. The first kappa shape index (κ1) is 11.9. The second-order valence-corrected chi connectivity index (χ2v) is 7.07. The molecule has 0 heterocycles. The predicted octanol–water partition coefficient (Wildman–Crippen LogP) is 3.76. The predicted molar refractivity (Wildman–Crippen MR) is 72.3 cm³/mol. The SMILES string of the molecule is COc1ccc(P(C)C2CCCCC2)cc1. The minimum atomic E-state index is 0.0332. The molecule has 1 saturated carbocycles. The van der Waals surface area contributed by atoms with E-state index in [0.29, 0.717) is 0 Å². The Morgan fingerprint density at radius 3 is 2.25 bits per heavy atom. The Labute approximate surface area is 100.0 Å². The van der Waals surface area contributed by atoms with Gasteiger partial charge in [-0.2, -0.15) is 0 Å². The summed E-state index contributed by atoms with van der Waals surface area (Å²) >= 11 is 0. The third-order valence-electron chi connectivity index (χ3n) is 3.60. The lowest BCUT2D eigenvalue weighted by atomic mass is 10.0. The van der Waals surface area contributed by atoms with E-state index in [-0.39, 0.29) is 7.92 Å². The molecule has 1 nitrogen and oxygen atoms in total. The highest BCUT2D eigenvalue weighted by Crippen LogP contribution is 2.43. The maximum Gasteiger partial charge on any atom is 0.118 e. The van der Waals surface area contributed by atoms with Gasteiger partial charge in [0.15, 0.2) is 0 Å². The molecule has 0 radical (unpaired) electrons. The third kappa shape index (κ3) is 2.77. The Morgan fingerprint density at radius 1 is 1.06 bits per heavy atom. The number of methoxy groups -OCH3 is 1. The van der Waals surface area contributed by atoms with Gasteiger partial charge in [-0.15, -0.1) is 0 Å². The van der Waals surface area contributed by atoms with E-state index >= 15 is 0 Å². The lowest BCUT2D eigenvalue weighted by molar-refractivity contribution is 0.415. The normalized spacial score (nSPS) is 19.4. The van der Waals surface area contributed by atoms with Gasteiger partial charge >= 0.3 is 0 Å². The van der Waals surface area contributed by atoms with Crippen LogP contribution in [0, 0.1) is 0 Å². The molecule has 1 aromatic rings. The fourth-order valence-electron chi connectivity index (χ4n) is 2.50. The van der Waals surface area contributed by atoms with Crippen LogP contribution in [0.3, 0.4) is 0 Å². The van der Waals surface area contributed by atoms with Crippen LogP contribution >= 0.6 is 7.92 Å². The van der Waals surface area contributed by atoms with Crippen LogP contribution in [0.4, 0.5) is 0 Å². The van der Waals surface area contributed by atoms with Gasteiger partial charge in [-0.25, -0.2) is 0 Å². The Balaban J connectivity index is 2.04. The molecule has 2 rings (SSSR count). The highest BCUT2D eigenvalue weighted by molar-refractivity contribution is 7.65. The van der Waals surface area contributed by atoms with Gasteiger partial charge in [-0.05, 0) is 42.6 Å². The summed E-state index contributed by atoms with van der Waals surface area (Å²) in [5, 5.41) is 1.53. The second-order valence-electron chi connectivity index (χ2n) is 4.60. The monoisotopic (exact) mass is 236 g/mol. The summed E-state index contributed by atoms with van der Waals surface area (Å²) in [6.45, 7) is 2.44. The fourth-order valence-corrected chi connectivity index (χ4v) is 4.68. The highest BCUT2D eigenvalue weighted by atomic mass is 31.1. The van der Waals surface area contributed by atoms with E-state index in [9.17, 15) is 0 Å². The quantitative estimate of drug-likeness (QED) is 0.726. The van der Waals surface area contributed by atoms with Crippen molar-refractivity contribution in [2.75, 3.05) is 13.8 Å². The number of rotatable bonds is 3. The Morgan fingerprint density at radius 2 is 1.69 bits per heavy atom. The molecule has 0 spiro atoms. The average molecular weight is 236 g/mol. The first-order valence-electron chi connectivity index (χ1n) is 6.18. The van der Waals surface area contributed by atoms with Gasteiger partial charge in [0.25, 0.3) is 0 Å². The van der Waals surface area contributed by atoms with Gasteiger partial charge in [0.2, 0.25) is 0 Å². The van der Waals surface area contributed by atoms with Crippen molar-refractivity contribution in [3.8, 4) is 5.75 Å². The molecule has 0 N–H and O–H groups in total. The van der Waals surface area contributed by atoms with E-state index in [1.165, 1.54) is 37.4 Å². The van der Waals surface area contributed by atoms with Crippen molar-refractivity contribution >= 4 is 13.2 Å². The Hall–Kier alpha value is -0.550. The van der Waals surface area contributed by atoms with Crippen LogP contribution in [0.15, 0.2) is 24.3 Å². The highest BCUT2D eigenvalue weighted by Gasteiger charge is 2.20. The van der Waals surface area contributed by atoms with Crippen molar-refractivity contribution in [3.63, 3.8) is 0 Å². The summed E-state index contributed by atoms with van der Waals surface area (Å²) in [6, 6.07) is 8.69. The van der Waals surface area contributed by atoms with Crippen LogP contribution in [0.2, 0.25) is 0 Å². The van der Waals surface area contributed by atoms with Gasteiger partial charge in [0, 0.05) is 0 Å². The molecule has 2 heteroatoms. The first-order valence-corrected chi connectivity index (χ1v) is 8.04. The van der Waals surface area contributed by atoms with Gasteiger partial charge in [0.05, 0.1) is 7.11 Å². The molecule has 0 amide bonds. The van der Waals surface area contributed by atoms with Crippen molar-refractivity contribution in [2.45, 2.75) is 37.8 Å². The van der Waals surface area contributed by atoms with Crippen LogP contribution in [0.1, 0.15) is 32.1 Å². The molecule has 1 atom stereocenters. The summed E-state index contributed by atoms with van der Waals surface area (Å²) in [5.74, 6) is 0.968. The van der Waals surface area contributed by atoms with Crippen LogP contribution < -0.4 is 10.0 Å². The molecule has 16 heavy (non-hydrogen) atoms. The molecular weight excluding hydrogens is 215 g/mol. The molecule has 1 aromatic carbocycles. The minimum absolute atomic E-state index is 0.0332. The van der Waals surface area contributed by atoms with E-state index in [1.807, 2.05) is 0 Å². The third-order valence-corrected chi connectivity index (χ3v) is 6.33. The molecule has 0 aliphatic heterocycles. The Bertz CT molecular complexity index is 314. The van der Waals surface area contributed by atoms with E-state index < -0.39 is 0 Å². The van der Waals surface area contributed by atoms with E-state index in [4.69, 9.17) is 4.74 Å². The number of hydrogen-bond acceptors (Lipinski definition) is 1. The maximum atomic E-state index is 5.20. The fraction of sp³-hybridized carbons (Fsp3) is 0.571. The molecule has 0 bridgehead atoms. The number of ether oxygens (including phenoxy) is 1. The van der Waals surface area contributed by atoms with Crippen LogP contribution in [-0.2, 0) is 0 Å². The van der Waals surface area contributed by atoms with Crippen molar-refractivity contribution in [1.29, 1.82) is 0 Å². The zero-order valence-corrected chi connectivity index (χ0v) is 11.2. The van der Waals surface area contributed by atoms with E-state index in [2.05, 4.69) is 30.9 Å². The number of hydrogen-bond donors (Lipinski definition) is 0. The van der Waals surface area contributed by atoms with Gasteiger partial charge < -0.3 is 4.74 Å². The number of benzene rings is 1. The molecule has 1 aliphatic rings. The summed E-state index contributed by atoms with van der Waals surface area (Å²) < 4.78 is 5.20. The second kappa shape index (κ2) is 5.68. The van der Waals surface area contributed by atoms with Gasteiger partial charge in [0.1, 0.15) is 5.75 Å². The smallest absolute Gasteiger partial charge is 0.118 e. The summed E-state index contributed by atoms with van der Waals surface area (Å²) in [4.78, 5) is 0. The molecule has 1 fully saturated rings. The zero-order chi connectivity index (χ0) is 11.4. The minimum Gasteiger partial charge on any atom is -0.497 e. The van der Waals surface area contributed by atoms with E-state index in [0.717, 1.165) is 11.4 Å². The lowest BCUT2D eigenvalue weighted by Gasteiger charge is -2.28.